The van der Waals surface area contributed by atoms with Crippen molar-refractivity contribution in [3.8, 4) is 0 Å². The number of Topliss-reactive ketones (excluding diaryl/α,β-unsaturated/α-hetero) is 2. The molecule has 1 aromatic rings. The largest absolute Gasteiger partial charge is 0.299 e. The number of aryl methyl sites for hydroxylation is 1. The minimum absolute atomic E-state index is 0.0463. The average Bonchev–Trinajstić information content (AvgIpc) is 2.75. The molecule has 0 aliphatic heterocycles. The topological polar surface area (TPSA) is 64.8 Å². The molecule has 0 N–H and O–H groups in total. The van der Waals surface area contributed by atoms with Crippen molar-refractivity contribution in [1.29, 1.82) is 0 Å². The van der Waals surface area contributed by atoms with Gasteiger partial charge in [-0.05, 0) is 19.8 Å². The zero-order valence-electron chi connectivity index (χ0n) is 8.86. The first-order valence-electron chi connectivity index (χ1n) is 5.04. The van der Waals surface area contributed by atoms with Gasteiger partial charge >= 0.3 is 0 Å². The number of nitrogens with zero attached hydrogens (tertiary/aromatic N) is 3. The van der Waals surface area contributed by atoms with E-state index < -0.39 is 5.92 Å². The van der Waals surface area contributed by atoms with Crippen molar-refractivity contribution in [3.05, 3.63) is 11.4 Å². The number of carbonyl (C=O) groups excluding carboxylic acids is 2. The van der Waals surface area contributed by atoms with E-state index in [1.165, 1.54) is 0 Å². The number of hydrogen-bond donors (Lipinski definition) is 0. The molecule has 1 saturated carbocycles. The Morgan fingerprint density at radius 2 is 2.27 bits per heavy atom. The van der Waals surface area contributed by atoms with Crippen LogP contribution in [0, 0.1) is 12.8 Å². The minimum Gasteiger partial charge on any atom is -0.299 e. The lowest BCUT2D eigenvalue weighted by atomic mass is 9.98. The highest BCUT2D eigenvalue weighted by Gasteiger charge is 2.33. The van der Waals surface area contributed by atoms with Gasteiger partial charge in [-0.1, -0.05) is 5.21 Å². The molecule has 5 nitrogen and oxygen atoms in total. The van der Waals surface area contributed by atoms with Crippen LogP contribution in [0.15, 0.2) is 0 Å². The molecular weight excluding hydrogens is 194 g/mol. The van der Waals surface area contributed by atoms with Crippen molar-refractivity contribution in [2.75, 3.05) is 0 Å². The maximum Gasteiger partial charge on any atom is 0.195 e. The summed E-state index contributed by atoms with van der Waals surface area (Å²) in [7, 11) is 1.73. The van der Waals surface area contributed by atoms with Crippen LogP contribution in [0.2, 0.25) is 0 Å². The summed E-state index contributed by atoms with van der Waals surface area (Å²) in [5.41, 5.74) is 1.07. The summed E-state index contributed by atoms with van der Waals surface area (Å²) in [6.07, 6.45) is 2.00. The molecule has 1 aliphatic rings. The molecular formula is C10H13N3O2. The standard InChI is InChI=1S/C10H13N3O2/c1-6-9(11-12-13(6)2)10(15)7-4-3-5-8(7)14/h7H,3-5H2,1-2H3. The predicted molar refractivity (Wildman–Crippen MR) is 52.4 cm³/mol. The molecule has 80 valence electrons. The lowest BCUT2D eigenvalue weighted by Crippen LogP contribution is -2.20. The molecule has 1 atom stereocenters. The second-order valence-corrected chi connectivity index (χ2v) is 3.92. The highest BCUT2D eigenvalue weighted by Crippen LogP contribution is 2.25. The first kappa shape index (κ1) is 10.0. The Morgan fingerprint density at radius 1 is 1.53 bits per heavy atom. The fourth-order valence-electron chi connectivity index (χ4n) is 1.89. The quantitative estimate of drug-likeness (QED) is 0.528. The van der Waals surface area contributed by atoms with Gasteiger partial charge in [-0.2, -0.15) is 0 Å². The molecule has 0 bridgehead atoms. The van der Waals surface area contributed by atoms with Crippen LogP contribution in [0.4, 0.5) is 0 Å². The lowest BCUT2D eigenvalue weighted by Gasteiger charge is -2.04. The molecule has 0 radical (unpaired) electrons. The minimum atomic E-state index is -0.472. The fourth-order valence-corrected chi connectivity index (χ4v) is 1.89. The summed E-state index contributed by atoms with van der Waals surface area (Å²) in [6.45, 7) is 1.78. The van der Waals surface area contributed by atoms with Gasteiger partial charge in [0.2, 0.25) is 0 Å². The molecule has 0 saturated heterocycles. The third kappa shape index (κ3) is 1.58. The molecule has 0 amide bonds. The maximum atomic E-state index is 12.0. The Bertz CT molecular complexity index is 422. The second-order valence-electron chi connectivity index (χ2n) is 3.92. The van der Waals surface area contributed by atoms with Crippen LogP contribution in [0.1, 0.15) is 35.4 Å². The van der Waals surface area contributed by atoms with Crippen LogP contribution in [-0.4, -0.2) is 26.6 Å². The van der Waals surface area contributed by atoms with Gasteiger partial charge in [-0.25, -0.2) is 0 Å². The highest BCUT2D eigenvalue weighted by molar-refractivity contribution is 6.11. The SMILES string of the molecule is Cc1c(C(=O)C2CCCC2=O)nnn1C. The summed E-state index contributed by atoms with van der Waals surface area (Å²) in [5, 5.41) is 7.57. The van der Waals surface area contributed by atoms with E-state index in [2.05, 4.69) is 10.3 Å². The van der Waals surface area contributed by atoms with Crippen LogP contribution in [0.5, 0.6) is 0 Å². The van der Waals surface area contributed by atoms with Crippen LogP contribution < -0.4 is 0 Å². The Balaban J connectivity index is 2.28. The zero-order valence-corrected chi connectivity index (χ0v) is 8.86. The zero-order chi connectivity index (χ0) is 11.0. The van der Waals surface area contributed by atoms with E-state index in [1.54, 1.807) is 18.7 Å². The molecule has 2 rings (SSSR count). The molecule has 1 unspecified atom stereocenters. The van der Waals surface area contributed by atoms with Gasteiger partial charge < -0.3 is 0 Å². The number of hydrogen-bond acceptors (Lipinski definition) is 4. The summed E-state index contributed by atoms with van der Waals surface area (Å²) in [5.74, 6) is -0.589. The number of ketones is 2. The average molecular weight is 207 g/mol. The molecule has 1 heterocycles. The molecule has 1 aliphatic carbocycles. The van der Waals surface area contributed by atoms with E-state index in [-0.39, 0.29) is 11.6 Å². The smallest absolute Gasteiger partial charge is 0.195 e. The van der Waals surface area contributed by atoms with Crippen molar-refractivity contribution in [3.63, 3.8) is 0 Å². The third-order valence-electron chi connectivity index (χ3n) is 2.96. The van der Waals surface area contributed by atoms with Gasteiger partial charge in [0.1, 0.15) is 5.78 Å². The van der Waals surface area contributed by atoms with Crippen LogP contribution >= 0.6 is 0 Å². The predicted octanol–water partition coefficient (Wildman–Crippen LogP) is 0.675. The third-order valence-corrected chi connectivity index (χ3v) is 2.96. The van der Waals surface area contributed by atoms with Crippen molar-refractivity contribution in [1.82, 2.24) is 15.0 Å². The lowest BCUT2D eigenvalue weighted by molar-refractivity contribution is -0.119. The second kappa shape index (κ2) is 3.56. The fraction of sp³-hybridized carbons (Fsp3) is 0.600. The van der Waals surface area contributed by atoms with Crippen molar-refractivity contribution >= 4 is 11.6 Å². The molecule has 5 heteroatoms. The normalized spacial score (nSPS) is 20.9. The summed E-state index contributed by atoms with van der Waals surface area (Å²) >= 11 is 0. The molecule has 15 heavy (non-hydrogen) atoms. The first-order valence-corrected chi connectivity index (χ1v) is 5.04. The van der Waals surface area contributed by atoms with Gasteiger partial charge in [-0.3, -0.25) is 14.3 Å². The van der Waals surface area contributed by atoms with Gasteiger partial charge in [0.25, 0.3) is 0 Å². The van der Waals surface area contributed by atoms with E-state index in [0.717, 1.165) is 12.1 Å². The Morgan fingerprint density at radius 3 is 2.73 bits per heavy atom. The number of carbonyl (C=O) groups is 2. The summed E-state index contributed by atoms with van der Waals surface area (Å²) in [6, 6.07) is 0. The van der Waals surface area contributed by atoms with Gasteiger partial charge in [0.05, 0.1) is 11.6 Å². The maximum absolute atomic E-state index is 12.0. The summed E-state index contributed by atoms with van der Waals surface area (Å²) in [4.78, 5) is 23.4. The van der Waals surface area contributed by atoms with Crippen molar-refractivity contribution in [2.24, 2.45) is 13.0 Å². The van der Waals surface area contributed by atoms with Gasteiger partial charge in [0, 0.05) is 13.5 Å². The van der Waals surface area contributed by atoms with Crippen molar-refractivity contribution in [2.45, 2.75) is 26.2 Å². The molecule has 1 aromatic heterocycles. The Hall–Kier alpha value is -1.52. The Labute approximate surface area is 87.5 Å². The van der Waals surface area contributed by atoms with Crippen molar-refractivity contribution < 1.29 is 9.59 Å². The van der Waals surface area contributed by atoms with Crippen LogP contribution in [-0.2, 0) is 11.8 Å². The highest BCUT2D eigenvalue weighted by atomic mass is 16.2. The van der Waals surface area contributed by atoms with Crippen LogP contribution in [0.25, 0.3) is 0 Å². The monoisotopic (exact) mass is 207 g/mol. The van der Waals surface area contributed by atoms with Gasteiger partial charge in [-0.15, -0.1) is 5.10 Å². The summed E-state index contributed by atoms with van der Waals surface area (Å²) < 4.78 is 1.55. The van der Waals surface area contributed by atoms with E-state index in [0.29, 0.717) is 18.5 Å². The van der Waals surface area contributed by atoms with Crippen LogP contribution in [0.3, 0.4) is 0 Å². The number of aromatic nitrogens is 3. The van der Waals surface area contributed by atoms with E-state index in [1.807, 2.05) is 0 Å². The molecule has 0 spiro atoms. The first-order chi connectivity index (χ1) is 7.11. The van der Waals surface area contributed by atoms with E-state index in [4.69, 9.17) is 0 Å². The molecule has 0 aromatic carbocycles. The number of rotatable bonds is 2. The van der Waals surface area contributed by atoms with E-state index in [9.17, 15) is 9.59 Å². The molecule has 1 fully saturated rings. The van der Waals surface area contributed by atoms with Gasteiger partial charge in [0.15, 0.2) is 11.5 Å². The van der Waals surface area contributed by atoms with E-state index >= 15 is 0 Å². The Kier molecular flexibility index (Phi) is 2.38.